The molecule has 0 aliphatic heterocycles. The summed E-state index contributed by atoms with van der Waals surface area (Å²) in [4.78, 5) is 73.5. The zero-order chi connectivity index (χ0) is 66.6. The quantitative estimate of drug-likeness (QED) is 0.0251. The molecule has 0 heterocycles. The first-order valence-corrected chi connectivity index (χ1v) is 38.8. The maximum atomic E-state index is 14.2. The number of unbranched alkanes of at least 4 members (excludes halogenated alkanes) is 34. The van der Waals surface area contributed by atoms with Crippen molar-refractivity contribution in [1.29, 1.82) is 0 Å². The van der Waals surface area contributed by atoms with Crippen LogP contribution in [-0.4, -0.2) is 122 Å². The van der Waals surface area contributed by atoms with Crippen LogP contribution < -0.4 is 33.6 Å². The maximum Gasteiger partial charge on any atom is 0.236 e. The van der Waals surface area contributed by atoms with Crippen LogP contribution in [0.5, 0.6) is 0 Å². The SMILES string of the molecule is CCCCCCCC/C=C/CCCCCCCC(=O)N(CCCCN(CCCN(CCCNC(=O)[C@@H](N)CCCN)C(=O)CCCCCCC/C=C/CCCCCCCC)C(=O)CCCCCCC/C=C/CCCCCCCC)CCCNC(=O)[C@@H](N)CCCN. The predicted octanol–water partition coefficient (Wildman–Crippen LogP) is 16.9. The summed E-state index contributed by atoms with van der Waals surface area (Å²) >= 11 is 0. The average molecular weight is 1280 g/mol. The third-order valence-corrected chi connectivity index (χ3v) is 17.9. The van der Waals surface area contributed by atoms with Crippen LogP contribution in [0.4, 0.5) is 0 Å². The van der Waals surface area contributed by atoms with Crippen molar-refractivity contribution in [3.05, 3.63) is 36.5 Å². The summed E-state index contributed by atoms with van der Waals surface area (Å²) in [5.41, 5.74) is 23.6. The number of allylic oxidation sites excluding steroid dienone is 6. The number of amides is 5. The Kier molecular flexibility index (Phi) is 66.5. The van der Waals surface area contributed by atoms with E-state index in [1.807, 2.05) is 14.7 Å². The molecule has 2 atom stereocenters. The summed E-state index contributed by atoms with van der Waals surface area (Å²) in [5, 5.41) is 5.95. The summed E-state index contributed by atoms with van der Waals surface area (Å²) < 4.78 is 0. The summed E-state index contributed by atoms with van der Waals surface area (Å²) in [6.45, 7) is 12.0. The molecular formula is C77H149N9O5. The molecular weight excluding hydrogens is 1130 g/mol. The first kappa shape index (κ1) is 87.4. The molecule has 0 aromatic rings. The molecule has 0 saturated carbocycles. The lowest BCUT2D eigenvalue weighted by Crippen LogP contribution is -2.42. The summed E-state index contributed by atoms with van der Waals surface area (Å²) in [5.74, 6) is 0.0846. The van der Waals surface area contributed by atoms with Crippen molar-refractivity contribution in [2.24, 2.45) is 22.9 Å². The molecule has 0 spiro atoms. The van der Waals surface area contributed by atoms with Crippen LogP contribution in [0.2, 0.25) is 0 Å². The topological polar surface area (TPSA) is 223 Å². The smallest absolute Gasteiger partial charge is 0.236 e. The Balaban J connectivity index is 5.84. The zero-order valence-corrected chi connectivity index (χ0v) is 59.9. The van der Waals surface area contributed by atoms with E-state index in [0.29, 0.717) is 130 Å². The minimum absolute atomic E-state index is 0.135. The Morgan fingerprint density at radius 2 is 0.527 bits per heavy atom. The minimum Gasteiger partial charge on any atom is -0.355 e. The van der Waals surface area contributed by atoms with Crippen molar-refractivity contribution in [2.75, 3.05) is 65.4 Å². The zero-order valence-electron chi connectivity index (χ0n) is 59.9. The second-order valence-electron chi connectivity index (χ2n) is 26.6. The molecule has 0 aromatic carbocycles. The monoisotopic (exact) mass is 1280 g/mol. The van der Waals surface area contributed by atoms with E-state index >= 15 is 0 Å². The number of nitrogens with zero attached hydrogens (tertiary/aromatic N) is 3. The number of rotatable bonds is 70. The molecule has 0 unspecified atom stereocenters. The van der Waals surface area contributed by atoms with E-state index in [0.717, 1.165) is 89.9 Å². The third kappa shape index (κ3) is 58.7. The van der Waals surface area contributed by atoms with Crippen molar-refractivity contribution < 1.29 is 24.0 Å². The molecule has 91 heavy (non-hydrogen) atoms. The van der Waals surface area contributed by atoms with Crippen LogP contribution in [0.15, 0.2) is 36.5 Å². The molecule has 0 aromatic heterocycles. The van der Waals surface area contributed by atoms with Crippen molar-refractivity contribution in [1.82, 2.24) is 25.3 Å². The summed E-state index contributed by atoms with van der Waals surface area (Å²) in [6.07, 6.45) is 68.6. The Morgan fingerprint density at radius 3 is 0.791 bits per heavy atom. The molecule has 0 aliphatic carbocycles. The van der Waals surface area contributed by atoms with E-state index in [9.17, 15) is 24.0 Å². The van der Waals surface area contributed by atoms with Gasteiger partial charge in [0.15, 0.2) is 0 Å². The number of nitrogens with two attached hydrogens (primary N) is 4. The summed E-state index contributed by atoms with van der Waals surface area (Å²) in [6, 6.07) is -1.19. The number of carbonyl (C=O) groups excluding carboxylic acids is 5. The number of nitrogens with one attached hydrogen (secondary N) is 2. The fraction of sp³-hybridized carbons (Fsp3) is 0.857. The van der Waals surface area contributed by atoms with Crippen LogP contribution in [0.3, 0.4) is 0 Å². The average Bonchev–Trinajstić information content (AvgIpc) is 3.75. The molecule has 0 fully saturated rings. The third-order valence-electron chi connectivity index (χ3n) is 17.9. The molecule has 10 N–H and O–H groups in total. The lowest BCUT2D eigenvalue weighted by Gasteiger charge is -2.27. The van der Waals surface area contributed by atoms with Gasteiger partial charge in [0.25, 0.3) is 0 Å². The second-order valence-corrected chi connectivity index (χ2v) is 26.6. The van der Waals surface area contributed by atoms with Gasteiger partial charge in [0.2, 0.25) is 29.5 Å². The van der Waals surface area contributed by atoms with Crippen LogP contribution >= 0.6 is 0 Å². The lowest BCUT2D eigenvalue weighted by atomic mass is 10.1. The van der Waals surface area contributed by atoms with Crippen LogP contribution in [-0.2, 0) is 24.0 Å². The Hall–Kier alpha value is -3.59. The molecule has 0 radical (unpaired) electrons. The lowest BCUT2D eigenvalue weighted by molar-refractivity contribution is -0.133. The molecule has 14 nitrogen and oxygen atoms in total. The highest BCUT2D eigenvalue weighted by Crippen LogP contribution is 2.17. The molecule has 14 heteroatoms. The van der Waals surface area contributed by atoms with E-state index in [4.69, 9.17) is 22.9 Å². The Bertz CT molecular complexity index is 1750. The highest BCUT2D eigenvalue weighted by Gasteiger charge is 2.20. The normalized spacial score (nSPS) is 12.4. The van der Waals surface area contributed by atoms with Crippen LogP contribution in [0, 0.1) is 0 Å². The summed E-state index contributed by atoms with van der Waals surface area (Å²) in [7, 11) is 0. The van der Waals surface area contributed by atoms with E-state index in [2.05, 4.69) is 67.9 Å². The van der Waals surface area contributed by atoms with Gasteiger partial charge in [-0.15, -0.1) is 0 Å². The van der Waals surface area contributed by atoms with Gasteiger partial charge < -0.3 is 48.3 Å². The Morgan fingerprint density at radius 1 is 0.297 bits per heavy atom. The fourth-order valence-corrected chi connectivity index (χ4v) is 11.8. The largest absolute Gasteiger partial charge is 0.355 e. The number of carbonyl (C=O) groups is 5. The fourth-order valence-electron chi connectivity index (χ4n) is 11.8. The van der Waals surface area contributed by atoms with Crippen LogP contribution in [0.1, 0.15) is 348 Å². The molecule has 532 valence electrons. The number of hydrogen-bond donors (Lipinski definition) is 6. The van der Waals surface area contributed by atoms with Crippen molar-refractivity contribution >= 4 is 29.5 Å². The number of hydrogen-bond acceptors (Lipinski definition) is 9. The van der Waals surface area contributed by atoms with Gasteiger partial charge in [-0.1, -0.05) is 211 Å². The highest BCUT2D eigenvalue weighted by atomic mass is 16.2. The van der Waals surface area contributed by atoms with E-state index < -0.39 is 12.1 Å². The van der Waals surface area contributed by atoms with Gasteiger partial charge >= 0.3 is 0 Å². The first-order chi connectivity index (χ1) is 44.6. The highest BCUT2D eigenvalue weighted by molar-refractivity contribution is 5.82. The van der Waals surface area contributed by atoms with Gasteiger partial charge in [0.1, 0.15) is 0 Å². The second kappa shape index (κ2) is 69.2. The standard InChI is InChI=1S/C77H149N9O5/c1-4-7-10-13-16-19-22-25-28-31-34-37-40-43-46-58-73(87)84(67-53-63-82-76(90)71(80)56-51-61-78)65-49-50-66-85(74(88)59-47-44-41-38-35-32-29-26-23-20-17-14-11-8-5-2)69-55-70-86(68-54-64-83-77(91)72(81)57-52-62-79)75(89)60-48-45-42-39-36-33-30-27-24-21-18-15-12-9-6-3/h25-30,71-72H,4-24,31-70,78-81H2,1-3H3,(H,82,90)(H,83,91)/b28-25+,29-26+,30-27+/t71-,72-/m0/s1. The van der Waals surface area contributed by atoms with Gasteiger partial charge in [0.05, 0.1) is 12.1 Å². The molecule has 0 saturated heterocycles. The van der Waals surface area contributed by atoms with Gasteiger partial charge in [-0.2, -0.15) is 0 Å². The van der Waals surface area contributed by atoms with Gasteiger partial charge in [-0.05, 0) is 167 Å². The molecule has 5 amide bonds. The van der Waals surface area contributed by atoms with Crippen molar-refractivity contribution in [2.45, 2.75) is 360 Å². The van der Waals surface area contributed by atoms with E-state index in [1.165, 1.54) is 173 Å². The van der Waals surface area contributed by atoms with Gasteiger partial charge in [0, 0.05) is 71.6 Å². The van der Waals surface area contributed by atoms with Crippen LogP contribution in [0.25, 0.3) is 0 Å². The van der Waals surface area contributed by atoms with Gasteiger partial charge in [-0.3, -0.25) is 24.0 Å². The van der Waals surface area contributed by atoms with Gasteiger partial charge in [-0.25, -0.2) is 0 Å². The Labute approximate surface area is 561 Å². The maximum absolute atomic E-state index is 14.2. The molecule has 0 aliphatic rings. The molecule has 0 rings (SSSR count). The predicted molar refractivity (Wildman–Crippen MR) is 390 cm³/mol. The van der Waals surface area contributed by atoms with E-state index in [-0.39, 0.29) is 29.5 Å². The minimum atomic E-state index is -0.598. The van der Waals surface area contributed by atoms with Crippen molar-refractivity contribution in [3.8, 4) is 0 Å². The van der Waals surface area contributed by atoms with E-state index in [1.54, 1.807) is 0 Å². The first-order valence-electron chi connectivity index (χ1n) is 38.8. The molecule has 0 bridgehead atoms. The van der Waals surface area contributed by atoms with Crippen molar-refractivity contribution in [3.63, 3.8) is 0 Å².